The number of hydrogen-bond acceptors (Lipinski definition) is 5. The molecule has 0 saturated heterocycles. The van der Waals surface area contributed by atoms with Gasteiger partial charge in [0.05, 0.1) is 34.5 Å². The number of carbonyl (C=O) groups excluding carboxylic acids is 1. The standard InChI is InChI=1S/C16H15F6NO4S/c1-3-27-13(24)14(2,9-23)4-5-28(25,26)12-7-10(15(17,18)19)6-11(8-12)16(20,21)22/h6-8H,3-5H2,1-2H3/t14-/m1/s1. The van der Waals surface area contributed by atoms with Crippen LogP contribution in [0.1, 0.15) is 31.4 Å². The fourth-order valence-corrected chi connectivity index (χ4v) is 3.58. The molecule has 0 unspecified atom stereocenters. The van der Waals surface area contributed by atoms with Gasteiger partial charge < -0.3 is 4.74 Å². The van der Waals surface area contributed by atoms with Crippen molar-refractivity contribution in [1.29, 1.82) is 5.26 Å². The number of rotatable bonds is 6. The molecule has 5 nitrogen and oxygen atoms in total. The molecular weight excluding hydrogens is 416 g/mol. The average molecular weight is 431 g/mol. The van der Waals surface area contributed by atoms with Gasteiger partial charge in [0, 0.05) is 0 Å². The van der Waals surface area contributed by atoms with Crippen molar-refractivity contribution in [2.24, 2.45) is 5.41 Å². The Morgan fingerprint density at radius 3 is 1.89 bits per heavy atom. The lowest BCUT2D eigenvalue weighted by Crippen LogP contribution is -2.31. The summed E-state index contributed by atoms with van der Waals surface area (Å²) in [5, 5.41) is 9.11. The van der Waals surface area contributed by atoms with Crippen molar-refractivity contribution in [2.75, 3.05) is 12.4 Å². The summed E-state index contributed by atoms with van der Waals surface area (Å²) < 4.78 is 107. The summed E-state index contributed by atoms with van der Waals surface area (Å²) in [6.45, 7) is 2.40. The van der Waals surface area contributed by atoms with Gasteiger partial charge >= 0.3 is 18.3 Å². The molecule has 0 aliphatic heterocycles. The summed E-state index contributed by atoms with van der Waals surface area (Å²) >= 11 is 0. The van der Waals surface area contributed by atoms with E-state index in [2.05, 4.69) is 4.74 Å². The van der Waals surface area contributed by atoms with Crippen molar-refractivity contribution in [3.05, 3.63) is 29.3 Å². The van der Waals surface area contributed by atoms with E-state index in [1.165, 1.54) is 6.92 Å². The van der Waals surface area contributed by atoms with E-state index in [0.29, 0.717) is 0 Å². The molecule has 0 aromatic heterocycles. The maximum absolute atomic E-state index is 12.9. The van der Waals surface area contributed by atoms with Gasteiger partial charge in [-0.25, -0.2) is 8.42 Å². The Hall–Kier alpha value is -2.29. The second kappa shape index (κ2) is 7.98. The number of alkyl halides is 6. The molecule has 0 saturated carbocycles. The first-order chi connectivity index (χ1) is 12.6. The lowest BCUT2D eigenvalue weighted by molar-refractivity contribution is -0.151. The summed E-state index contributed by atoms with van der Waals surface area (Å²) in [5.74, 6) is -2.08. The first-order valence-corrected chi connectivity index (χ1v) is 9.33. The van der Waals surface area contributed by atoms with Gasteiger partial charge in [-0.15, -0.1) is 0 Å². The quantitative estimate of drug-likeness (QED) is 0.503. The molecule has 0 amide bonds. The summed E-state index contributed by atoms with van der Waals surface area (Å²) in [4.78, 5) is 10.6. The Morgan fingerprint density at radius 1 is 1.07 bits per heavy atom. The molecule has 12 heteroatoms. The number of benzene rings is 1. The van der Waals surface area contributed by atoms with Crippen LogP contribution in [0.15, 0.2) is 23.1 Å². The number of carbonyl (C=O) groups is 1. The number of nitrogens with zero attached hydrogens (tertiary/aromatic N) is 1. The van der Waals surface area contributed by atoms with E-state index in [1.54, 1.807) is 6.07 Å². The first-order valence-electron chi connectivity index (χ1n) is 7.67. The number of halogens is 6. The molecule has 0 aliphatic carbocycles. The Morgan fingerprint density at radius 2 is 1.54 bits per heavy atom. The third-order valence-corrected chi connectivity index (χ3v) is 5.46. The lowest BCUT2D eigenvalue weighted by atomic mass is 9.90. The number of esters is 1. The molecular formula is C16H15F6NO4S. The normalized spacial score (nSPS) is 14.8. The molecule has 1 rings (SSSR count). The van der Waals surface area contributed by atoms with Crippen molar-refractivity contribution in [3.63, 3.8) is 0 Å². The van der Waals surface area contributed by atoms with Gasteiger partial charge in [0.1, 0.15) is 0 Å². The zero-order valence-corrected chi connectivity index (χ0v) is 15.4. The third kappa shape index (κ3) is 5.60. The Balaban J connectivity index is 3.34. The molecule has 0 fully saturated rings. The summed E-state index contributed by atoms with van der Waals surface area (Å²) in [6.07, 6.45) is -11.1. The predicted molar refractivity (Wildman–Crippen MR) is 83.5 cm³/mol. The zero-order chi connectivity index (χ0) is 22.0. The largest absolute Gasteiger partial charge is 0.465 e. The van der Waals surface area contributed by atoms with Crippen molar-refractivity contribution in [2.45, 2.75) is 37.5 Å². The molecule has 0 N–H and O–H groups in total. The second-order valence-electron chi connectivity index (χ2n) is 5.97. The maximum atomic E-state index is 12.9. The van der Waals surface area contributed by atoms with E-state index in [0.717, 1.165) is 6.92 Å². The highest BCUT2D eigenvalue weighted by Gasteiger charge is 2.40. The van der Waals surface area contributed by atoms with Crippen molar-refractivity contribution in [1.82, 2.24) is 0 Å². The number of ether oxygens (including phenoxy) is 1. The van der Waals surface area contributed by atoms with Crippen LogP contribution in [-0.4, -0.2) is 26.7 Å². The first kappa shape index (κ1) is 23.7. The minimum atomic E-state index is -5.21. The fourth-order valence-electron chi connectivity index (χ4n) is 2.06. The van der Waals surface area contributed by atoms with Gasteiger partial charge in [-0.2, -0.15) is 31.6 Å². The zero-order valence-electron chi connectivity index (χ0n) is 14.6. The van der Waals surface area contributed by atoms with Crippen LogP contribution < -0.4 is 0 Å². The van der Waals surface area contributed by atoms with Crippen LogP contribution in [0.4, 0.5) is 26.3 Å². The van der Waals surface area contributed by atoms with E-state index < -0.39 is 61.8 Å². The van der Waals surface area contributed by atoms with Gasteiger partial charge in [-0.1, -0.05) is 0 Å². The minimum absolute atomic E-state index is 0.0820. The van der Waals surface area contributed by atoms with Gasteiger partial charge in [0.2, 0.25) is 0 Å². The van der Waals surface area contributed by atoms with E-state index in [-0.39, 0.29) is 24.8 Å². The fraction of sp³-hybridized carbons (Fsp3) is 0.500. The molecule has 156 valence electrons. The van der Waals surface area contributed by atoms with Crippen LogP contribution in [-0.2, 0) is 31.7 Å². The molecule has 1 atom stereocenters. The van der Waals surface area contributed by atoms with Crippen LogP contribution in [0.2, 0.25) is 0 Å². The Bertz CT molecular complexity index is 854. The van der Waals surface area contributed by atoms with Gasteiger partial charge in [0.25, 0.3) is 0 Å². The monoisotopic (exact) mass is 431 g/mol. The topological polar surface area (TPSA) is 84.2 Å². The predicted octanol–water partition coefficient (Wildman–Crippen LogP) is 3.98. The average Bonchev–Trinajstić information content (AvgIpc) is 2.58. The molecule has 0 spiro atoms. The smallest absolute Gasteiger partial charge is 0.416 e. The highest BCUT2D eigenvalue weighted by molar-refractivity contribution is 7.91. The van der Waals surface area contributed by atoms with Crippen molar-refractivity contribution < 1.29 is 44.3 Å². The number of nitriles is 1. The van der Waals surface area contributed by atoms with E-state index in [4.69, 9.17) is 5.26 Å². The van der Waals surface area contributed by atoms with Crippen LogP contribution in [0, 0.1) is 16.7 Å². The lowest BCUT2D eigenvalue weighted by Gasteiger charge is -2.19. The van der Waals surface area contributed by atoms with Crippen LogP contribution in [0.25, 0.3) is 0 Å². The molecule has 1 aromatic rings. The van der Waals surface area contributed by atoms with Crippen LogP contribution in [0.5, 0.6) is 0 Å². The minimum Gasteiger partial charge on any atom is -0.465 e. The Kier molecular flexibility index (Phi) is 6.77. The van der Waals surface area contributed by atoms with Crippen molar-refractivity contribution >= 4 is 15.8 Å². The number of hydrogen-bond donors (Lipinski definition) is 0. The maximum Gasteiger partial charge on any atom is 0.416 e. The summed E-state index contributed by atoms with van der Waals surface area (Å²) in [6, 6.07) is 1.53. The Labute approximate surface area is 156 Å². The highest BCUT2D eigenvalue weighted by atomic mass is 32.2. The molecule has 0 radical (unpaired) electrons. The van der Waals surface area contributed by atoms with Crippen LogP contribution in [0.3, 0.4) is 0 Å². The highest BCUT2D eigenvalue weighted by Crippen LogP contribution is 2.37. The van der Waals surface area contributed by atoms with Gasteiger partial charge in [0.15, 0.2) is 15.3 Å². The molecule has 28 heavy (non-hydrogen) atoms. The molecule has 0 aliphatic rings. The molecule has 0 heterocycles. The molecule has 0 bridgehead atoms. The van der Waals surface area contributed by atoms with E-state index in [9.17, 15) is 39.6 Å². The van der Waals surface area contributed by atoms with Gasteiger partial charge in [-0.3, -0.25) is 4.79 Å². The number of sulfone groups is 1. The second-order valence-corrected chi connectivity index (χ2v) is 8.08. The SMILES string of the molecule is CCOC(=O)[C@@](C)(C#N)CCS(=O)(=O)c1cc(C(F)(F)F)cc(C(F)(F)F)c1. The van der Waals surface area contributed by atoms with E-state index in [1.807, 2.05) is 0 Å². The van der Waals surface area contributed by atoms with Gasteiger partial charge in [-0.05, 0) is 38.5 Å². The van der Waals surface area contributed by atoms with Crippen molar-refractivity contribution in [3.8, 4) is 6.07 Å². The van der Waals surface area contributed by atoms with Crippen LogP contribution >= 0.6 is 0 Å². The summed E-state index contributed by atoms with van der Waals surface area (Å²) in [7, 11) is -4.68. The van der Waals surface area contributed by atoms with E-state index >= 15 is 0 Å². The summed E-state index contributed by atoms with van der Waals surface area (Å²) in [5.41, 5.74) is -5.50. The molecule has 1 aromatic carbocycles. The third-order valence-electron chi connectivity index (χ3n) is 3.76.